The van der Waals surface area contributed by atoms with Crippen molar-refractivity contribution in [2.24, 2.45) is 28.1 Å². The number of esters is 1. The van der Waals surface area contributed by atoms with Crippen LogP contribution in [0.5, 0.6) is 0 Å². The lowest BCUT2D eigenvalue weighted by molar-refractivity contribution is -0.151. The van der Waals surface area contributed by atoms with Crippen molar-refractivity contribution >= 4 is 5.97 Å². The molecule has 2 fully saturated rings. The summed E-state index contributed by atoms with van der Waals surface area (Å²) in [6.45, 7) is 13.4. The van der Waals surface area contributed by atoms with Crippen LogP contribution in [-0.4, -0.2) is 12.6 Å². The van der Waals surface area contributed by atoms with E-state index in [1.165, 1.54) is 45.4 Å². The number of ether oxygens (including phenoxy) is 1. The van der Waals surface area contributed by atoms with Gasteiger partial charge in [-0.25, -0.2) is 0 Å². The second-order valence-electron chi connectivity index (χ2n) is 9.49. The lowest BCUT2D eigenvalue weighted by Gasteiger charge is -2.59. The second-order valence-corrected chi connectivity index (χ2v) is 9.49. The SMILES string of the molecule is C=C[C@@]1(C)CC[C@H]2C(=CC[C@H]3[C@](C)(COC(C)=O)CCC[C@]23C)C1. The normalized spacial score (nSPS) is 44.8. The van der Waals surface area contributed by atoms with Crippen LogP contribution in [0.15, 0.2) is 24.3 Å². The molecule has 2 heteroatoms. The molecule has 0 aromatic rings. The Morgan fingerprint density at radius 1 is 1.33 bits per heavy atom. The Bertz CT molecular complexity index is 562. The van der Waals surface area contributed by atoms with Gasteiger partial charge in [0, 0.05) is 12.3 Å². The van der Waals surface area contributed by atoms with E-state index < -0.39 is 0 Å². The van der Waals surface area contributed by atoms with Gasteiger partial charge >= 0.3 is 5.97 Å². The zero-order valence-electron chi connectivity index (χ0n) is 16.0. The van der Waals surface area contributed by atoms with Crippen LogP contribution < -0.4 is 0 Å². The second kappa shape index (κ2) is 6.04. The van der Waals surface area contributed by atoms with Gasteiger partial charge in [-0.3, -0.25) is 4.79 Å². The van der Waals surface area contributed by atoms with Gasteiger partial charge in [-0.1, -0.05) is 44.9 Å². The summed E-state index contributed by atoms with van der Waals surface area (Å²) in [6, 6.07) is 0. The van der Waals surface area contributed by atoms with E-state index in [2.05, 4.69) is 39.5 Å². The summed E-state index contributed by atoms with van der Waals surface area (Å²) in [5.74, 6) is 1.19. The van der Waals surface area contributed by atoms with Crippen molar-refractivity contribution in [1.82, 2.24) is 0 Å². The van der Waals surface area contributed by atoms with Crippen LogP contribution in [-0.2, 0) is 9.53 Å². The van der Waals surface area contributed by atoms with Gasteiger partial charge in [0.15, 0.2) is 0 Å². The fraction of sp³-hybridized carbons (Fsp3) is 0.773. The zero-order chi connectivity index (χ0) is 17.6. The van der Waals surface area contributed by atoms with Crippen molar-refractivity contribution in [2.45, 2.75) is 72.6 Å². The van der Waals surface area contributed by atoms with E-state index >= 15 is 0 Å². The third-order valence-electron chi connectivity index (χ3n) is 7.67. The van der Waals surface area contributed by atoms with Crippen molar-refractivity contribution in [3.63, 3.8) is 0 Å². The van der Waals surface area contributed by atoms with E-state index in [0.29, 0.717) is 23.9 Å². The standard InChI is InChI=1S/C22H34O2/c1-6-20(3)13-10-18-17(14-20)8-9-19-21(4,15-24-16(2)23)11-7-12-22(18,19)5/h6,8,18-19H,1,7,9-15H2,2-5H3/t18-,19-,20-,21-,22+/m0/s1. The highest BCUT2D eigenvalue weighted by Gasteiger charge is 2.55. The number of hydrogen-bond acceptors (Lipinski definition) is 2. The zero-order valence-corrected chi connectivity index (χ0v) is 16.0. The molecule has 0 spiro atoms. The first-order valence-corrected chi connectivity index (χ1v) is 9.68. The highest BCUT2D eigenvalue weighted by molar-refractivity contribution is 5.65. The van der Waals surface area contributed by atoms with Crippen molar-refractivity contribution in [2.75, 3.05) is 6.61 Å². The average molecular weight is 331 g/mol. The molecule has 3 aliphatic carbocycles. The van der Waals surface area contributed by atoms with Gasteiger partial charge in [0.05, 0.1) is 6.61 Å². The summed E-state index contributed by atoms with van der Waals surface area (Å²) < 4.78 is 5.49. The van der Waals surface area contributed by atoms with E-state index in [1.54, 1.807) is 5.57 Å². The lowest BCUT2D eigenvalue weighted by atomic mass is 9.45. The summed E-state index contributed by atoms with van der Waals surface area (Å²) in [6.07, 6.45) is 13.3. The van der Waals surface area contributed by atoms with Gasteiger partial charge in [-0.05, 0) is 61.2 Å². The number of carbonyl (C=O) groups excluding carboxylic acids is 1. The van der Waals surface area contributed by atoms with E-state index in [9.17, 15) is 4.79 Å². The van der Waals surface area contributed by atoms with Crippen molar-refractivity contribution < 1.29 is 9.53 Å². The van der Waals surface area contributed by atoms with Crippen LogP contribution in [0.2, 0.25) is 0 Å². The molecule has 0 N–H and O–H groups in total. The van der Waals surface area contributed by atoms with Gasteiger partial charge in [0.1, 0.15) is 0 Å². The molecular weight excluding hydrogens is 296 g/mol. The number of fused-ring (bicyclic) bond motifs is 3. The van der Waals surface area contributed by atoms with Crippen LogP contribution >= 0.6 is 0 Å². The molecule has 3 aliphatic rings. The third-order valence-corrected chi connectivity index (χ3v) is 7.67. The molecule has 0 saturated heterocycles. The molecule has 2 saturated carbocycles. The highest BCUT2D eigenvalue weighted by atomic mass is 16.5. The minimum Gasteiger partial charge on any atom is -0.465 e. The van der Waals surface area contributed by atoms with Crippen LogP contribution in [0.3, 0.4) is 0 Å². The molecule has 24 heavy (non-hydrogen) atoms. The van der Waals surface area contributed by atoms with Crippen LogP contribution in [0, 0.1) is 28.1 Å². The molecule has 0 heterocycles. The number of hydrogen-bond donors (Lipinski definition) is 0. The van der Waals surface area contributed by atoms with E-state index in [4.69, 9.17) is 4.74 Å². The number of allylic oxidation sites excluding steroid dienone is 3. The van der Waals surface area contributed by atoms with Gasteiger partial charge in [0.25, 0.3) is 0 Å². The maximum atomic E-state index is 11.4. The van der Waals surface area contributed by atoms with E-state index in [-0.39, 0.29) is 16.8 Å². The van der Waals surface area contributed by atoms with Gasteiger partial charge in [-0.15, -0.1) is 6.58 Å². The molecule has 0 bridgehead atoms. The molecule has 2 nitrogen and oxygen atoms in total. The van der Waals surface area contributed by atoms with Gasteiger partial charge < -0.3 is 4.74 Å². The fourth-order valence-corrected chi connectivity index (χ4v) is 6.18. The van der Waals surface area contributed by atoms with Crippen LogP contribution in [0.25, 0.3) is 0 Å². The molecule has 0 radical (unpaired) electrons. The maximum absolute atomic E-state index is 11.4. The molecule has 0 unspecified atom stereocenters. The minimum atomic E-state index is -0.144. The average Bonchev–Trinajstić information content (AvgIpc) is 2.52. The Kier molecular flexibility index (Phi) is 4.47. The Hall–Kier alpha value is -1.05. The molecule has 0 aliphatic heterocycles. The van der Waals surface area contributed by atoms with Crippen LogP contribution in [0.1, 0.15) is 72.6 Å². The summed E-state index contributed by atoms with van der Waals surface area (Å²) in [5, 5.41) is 0. The summed E-state index contributed by atoms with van der Waals surface area (Å²) in [4.78, 5) is 11.4. The summed E-state index contributed by atoms with van der Waals surface area (Å²) in [5.41, 5.74) is 2.44. The first kappa shape index (κ1) is 17.8. The Morgan fingerprint density at radius 3 is 2.75 bits per heavy atom. The van der Waals surface area contributed by atoms with Crippen LogP contribution in [0.4, 0.5) is 0 Å². The molecular formula is C22H34O2. The molecule has 5 atom stereocenters. The molecule has 0 aromatic heterocycles. The number of rotatable bonds is 3. The van der Waals surface area contributed by atoms with E-state index in [1.807, 2.05) is 0 Å². The predicted octanol–water partition coefficient (Wildman–Crippen LogP) is 5.68. The molecule has 3 rings (SSSR count). The first-order valence-electron chi connectivity index (χ1n) is 9.68. The smallest absolute Gasteiger partial charge is 0.302 e. The molecule has 0 amide bonds. The van der Waals surface area contributed by atoms with Gasteiger partial charge in [-0.2, -0.15) is 0 Å². The molecule has 134 valence electrons. The molecule has 0 aromatic carbocycles. The highest BCUT2D eigenvalue weighted by Crippen LogP contribution is 2.63. The maximum Gasteiger partial charge on any atom is 0.302 e. The number of carbonyl (C=O) groups is 1. The topological polar surface area (TPSA) is 26.3 Å². The summed E-state index contributed by atoms with van der Waals surface area (Å²) >= 11 is 0. The predicted molar refractivity (Wildman–Crippen MR) is 98.5 cm³/mol. The Balaban J connectivity index is 1.88. The van der Waals surface area contributed by atoms with Crippen molar-refractivity contribution in [1.29, 1.82) is 0 Å². The Morgan fingerprint density at radius 2 is 2.08 bits per heavy atom. The Labute approximate surface area is 147 Å². The van der Waals surface area contributed by atoms with Gasteiger partial charge in [0.2, 0.25) is 0 Å². The van der Waals surface area contributed by atoms with Crippen molar-refractivity contribution in [3.8, 4) is 0 Å². The fourth-order valence-electron chi connectivity index (χ4n) is 6.18. The minimum absolute atomic E-state index is 0.125. The van der Waals surface area contributed by atoms with Crippen molar-refractivity contribution in [3.05, 3.63) is 24.3 Å². The van der Waals surface area contributed by atoms with E-state index in [0.717, 1.165) is 6.42 Å². The lowest BCUT2D eigenvalue weighted by Crippen LogP contribution is -2.52. The quantitative estimate of drug-likeness (QED) is 0.491. The third kappa shape index (κ3) is 2.86. The summed E-state index contributed by atoms with van der Waals surface area (Å²) in [7, 11) is 0. The monoisotopic (exact) mass is 330 g/mol. The first-order chi connectivity index (χ1) is 11.2. The largest absolute Gasteiger partial charge is 0.465 e.